The van der Waals surface area contributed by atoms with Gasteiger partial charge < -0.3 is 9.47 Å². The number of ether oxygens (including phenoxy) is 2. The molecular weight excluding hydrogens is 475 g/mol. The second-order valence-corrected chi connectivity index (χ2v) is 8.44. The fourth-order valence-corrected chi connectivity index (χ4v) is 4.16. The van der Waals surface area contributed by atoms with E-state index >= 15 is 0 Å². The van der Waals surface area contributed by atoms with Gasteiger partial charge in [0.05, 0.1) is 40.4 Å². The number of anilines is 1. The molecule has 0 aliphatic rings. The molecule has 0 N–H and O–H groups in total. The van der Waals surface area contributed by atoms with Crippen molar-refractivity contribution >= 4 is 39.3 Å². The molecule has 0 aliphatic heterocycles. The van der Waals surface area contributed by atoms with Gasteiger partial charge in [-0.05, 0) is 36.4 Å². The van der Waals surface area contributed by atoms with Crippen LogP contribution in [0.5, 0.6) is 0 Å². The predicted molar refractivity (Wildman–Crippen MR) is 110 cm³/mol. The Morgan fingerprint density at radius 3 is 2.47 bits per heavy atom. The van der Waals surface area contributed by atoms with Gasteiger partial charge in [0.15, 0.2) is 6.61 Å². The highest BCUT2D eigenvalue weighted by Crippen LogP contribution is 2.33. The molecule has 0 fully saturated rings. The molecule has 0 saturated heterocycles. The summed E-state index contributed by atoms with van der Waals surface area (Å²) in [6.45, 7) is 2.37. The van der Waals surface area contributed by atoms with E-state index in [4.69, 9.17) is 16.3 Å². The number of carbonyl (C=O) groups excluding carboxylic acids is 2. The first-order valence-corrected chi connectivity index (χ1v) is 10.6. The molecule has 0 saturated carbocycles. The highest BCUT2D eigenvalue weighted by Gasteiger charge is 2.32. The van der Waals surface area contributed by atoms with E-state index in [2.05, 4.69) is 11.3 Å². The largest absolute Gasteiger partial charge is 0.466 e. The van der Waals surface area contributed by atoms with E-state index in [9.17, 15) is 31.2 Å². The van der Waals surface area contributed by atoms with Crippen LogP contribution in [-0.2, 0) is 30.5 Å². The van der Waals surface area contributed by atoms with E-state index in [1.54, 1.807) is 0 Å². The summed E-state index contributed by atoms with van der Waals surface area (Å²) in [5.74, 6) is -1.94. The van der Waals surface area contributed by atoms with Crippen LogP contribution in [0, 0.1) is 0 Å². The van der Waals surface area contributed by atoms with Crippen LogP contribution in [0.4, 0.5) is 18.9 Å². The molecule has 172 valence electrons. The average Bonchev–Trinajstić information content (AvgIpc) is 2.75. The third-order valence-electron chi connectivity index (χ3n) is 4.05. The monoisotopic (exact) mass is 491 g/mol. The Labute approximate surface area is 187 Å². The zero-order chi connectivity index (χ0) is 24.1. The molecular formula is C20H17ClF3NO6S. The maximum Gasteiger partial charge on any atom is 0.416 e. The van der Waals surface area contributed by atoms with Gasteiger partial charge in [-0.3, -0.25) is 4.31 Å². The van der Waals surface area contributed by atoms with Crippen LogP contribution in [0.15, 0.2) is 60.0 Å². The average molecular weight is 492 g/mol. The smallest absolute Gasteiger partial charge is 0.416 e. The number of hydrogen-bond donors (Lipinski definition) is 0. The van der Waals surface area contributed by atoms with Crippen LogP contribution in [-0.4, -0.2) is 40.6 Å². The lowest BCUT2D eigenvalue weighted by Gasteiger charge is -2.24. The number of esters is 2. The molecule has 7 nitrogen and oxygen atoms in total. The molecule has 0 bridgehead atoms. The van der Waals surface area contributed by atoms with Crippen molar-refractivity contribution in [3.63, 3.8) is 0 Å². The van der Waals surface area contributed by atoms with Gasteiger partial charge in [-0.25, -0.2) is 18.0 Å². The molecule has 0 spiro atoms. The van der Waals surface area contributed by atoms with Gasteiger partial charge in [-0.2, -0.15) is 13.2 Å². The number of methoxy groups -OCH3 is 1. The van der Waals surface area contributed by atoms with Crippen molar-refractivity contribution in [1.29, 1.82) is 0 Å². The second kappa shape index (κ2) is 10.0. The van der Waals surface area contributed by atoms with Crippen LogP contribution in [0.2, 0.25) is 5.02 Å². The molecule has 2 aromatic rings. The number of rotatable bonds is 8. The standard InChI is InChI=1S/C20H17ClF3NO6S/c1-3-9-25(14-6-4-5-13(10-14)20(22,23)24)32(28,29)15-7-8-17(21)16(11-15)19(27)31-12-18(26)30-2/h3-8,10-11H,1,9,12H2,2H3. The SMILES string of the molecule is C=CCN(c1cccc(C(F)(F)F)c1)S(=O)(=O)c1ccc(Cl)c(C(=O)OCC(=O)OC)c1. The van der Waals surface area contributed by atoms with Crippen molar-refractivity contribution in [2.24, 2.45) is 0 Å². The lowest BCUT2D eigenvalue weighted by molar-refractivity contribution is -0.144. The first kappa shape index (κ1) is 25.2. The summed E-state index contributed by atoms with van der Waals surface area (Å²) in [4.78, 5) is 22.9. The van der Waals surface area contributed by atoms with Crippen molar-refractivity contribution in [2.45, 2.75) is 11.1 Å². The summed E-state index contributed by atoms with van der Waals surface area (Å²) in [5, 5.41) is -0.159. The first-order valence-electron chi connectivity index (χ1n) is 8.76. The van der Waals surface area contributed by atoms with Gasteiger partial charge in [0.1, 0.15) is 0 Å². The summed E-state index contributed by atoms with van der Waals surface area (Å²) in [7, 11) is -3.37. The Balaban J connectivity index is 2.49. The Morgan fingerprint density at radius 1 is 1.19 bits per heavy atom. The Morgan fingerprint density at radius 2 is 1.88 bits per heavy atom. The van der Waals surface area contributed by atoms with E-state index in [-0.39, 0.29) is 22.8 Å². The Kier molecular flexibility index (Phi) is 7.92. The summed E-state index contributed by atoms with van der Waals surface area (Å²) in [6, 6.07) is 6.85. The van der Waals surface area contributed by atoms with Crippen LogP contribution < -0.4 is 4.31 Å². The fourth-order valence-electron chi connectivity index (χ4n) is 2.51. The zero-order valence-corrected chi connectivity index (χ0v) is 18.1. The quantitative estimate of drug-likeness (QED) is 0.408. The summed E-state index contributed by atoms with van der Waals surface area (Å²) in [5.41, 5.74) is -1.66. The molecule has 0 aromatic heterocycles. The van der Waals surface area contributed by atoms with Crippen molar-refractivity contribution < 1.29 is 40.7 Å². The molecule has 0 atom stereocenters. The minimum atomic E-state index is -4.68. The van der Waals surface area contributed by atoms with Gasteiger partial charge in [-0.1, -0.05) is 23.7 Å². The molecule has 2 rings (SSSR count). The third-order valence-corrected chi connectivity index (χ3v) is 6.17. The van der Waals surface area contributed by atoms with E-state index in [1.807, 2.05) is 0 Å². The van der Waals surface area contributed by atoms with Crippen molar-refractivity contribution in [2.75, 3.05) is 24.6 Å². The topological polar surface area (TPSA) is 90.0 Å². The number of sulfonamides is 1. The molecule has 0 heterocycles. The zero-order valence-electron chi connectivity index (χ0n) is 16.6. The summed E-state index contributed by atoms with van der Waals surface area (Å²) >= 11 is 5.95. The van der Waals surface area contributed by atoms with Crippen LogP contribution in [0.1, 0.15) is 15.9 Å². The number of benzene rings is 2. The van der Waals surface area contributed by atoms with Crippen molar-refractivity contribution in [3.8, 4) is 0 Å². The van der Waals surface area contributed by atoms with E-state index in [0.717, 1.165) is 37.4 Å². The number of hydrogen-bond acceptors (Lipinski definition) is 6. The van der Waals surface area contributed by atoms with Crippen LogP contribution >= 0.6 is 11.6 Å². The molecule has 2 aromatic carbocycles. The van der Waals surface area contributed by atoms with E-state index in [0.29, 0.717) is 10.4 Å². The molecule has 0 amide bonds. The molecule has 0 unspecified atom stereocenters. The molecule has 32 heavy (non-hydrogen) atoms. The van der Waals surface area contributed by atoms with Crippen LogP contribution in [0.25, 0.3) is 0 Å². The highest BCUT2D eigenvalue weighted by molar-refractivity contribution is 7.92. The number of carbonyl (C=O) groups is 2. The number of nitrogens with zero attached hydrogens (tertiary/aromatic N) is 1. The molecule has 12 heteroatoms. The minimum Gasteiger partial charge on any atom is -0.466 e. The van der Waals surface area contributed by atoms with E-state index < -0.39 is 45.2 Å². The van der Waals surface area contributed by atoms with Crippen molar-refractivity contribution in [1.82, 2.24) is 0 Å². The second-order valence-electron chi connectivity index (χ2n) is 6.17. The molecule has 0 radical (unpaired) electrons. The maximum atomic E-state index is 13.2. The highest BCUT2D eigenvalue weighted by atomic mass is 35.5. The van der Waals surface area contributed by atoms with Gasteiger partial charge >= 0.3 is 18.1 Å². The Hall–Kier alpha value is -3.05. The lowest BCUT2D eigenvalue weighted by Crippen LogP contribution is -2.31. The molecule has 0 aliphatic carbocycles. The van der Waals surface area contributed by atoms with Crippen molar-refractivity contribution in [3.05, 3.63) is 71.3 Å². The summed E-state index contributed by atoms with van der Waals surface area (Å²) < 4.78 is 75.5. The lowest BCUT2D eigenvalue weighted by atomic mass is 10.2. The van der Waals surface area contributed by atoms with Gasteiger partial charge in [0, 0.05) is 0 Å². The normalized spacial score (nSPS) is 11.5. The van der Waals surface area contributed by atoms with Gasteiger partial charge in [-0.15, -0.1) is 6.58 Å². The number of halogens is 4. The van der Waals surface area contributed by atoms with Gasteiger partial charge in [0.2, 0.25) is 0 Å². The first-order chi connectivity index (χ1) is 14.9. The Bertz CT molecular complexity index is 1130. The summed E-state index contributed by atoms with van der Waals surface area (Å²) in [6.07, 6.45) is -3.49. The number of alkyl halides is 3. The van der Waals surface area contributed by atoms with Gasteiger partial charge in [0.25, 0.3) is 10.0 Å². The fraction of sp³-hybridized carbons (Fsp3) is 0.200. The third kappa shape index (κ3) is 5.80. The maximum absolute atomic E-state index is 13.2. The minimum absolute atomic E-state index is 0.159. The predicted octanol–water partition coefficient (Wildman–Crippen LogP) is 4.07. The van der Waals surface area contributed by atoms with Crippen LogP contribution in [0.3, 0.4) is 0 Å². The van der Waals surface area contributed by atoms with E-state index in [1.165, 1.54) is 12.1 Å².